The predicted octanol–water partition coefficient (Wildman–Crippen LogP) is 3.41. The number of hydrogen-bond donors (Lipinski definition) is 2. The van der Waals surface area contributed by atoms with Gasteiger partial charge in [0.15, 0.2) is 0 Å². The molecule has 1 heterocycles. The smallest absolute Gasteiger partial charge is 0.266 e. The van der Waals surface area contributed by atoms with Gasteiger partial charge in [-0.2, -0.15) is 0 Å². The summed E-state index contributed by atoms with van der Waals surface area (Å²) in [6.07, 6.45) is 3.79. The van der Waals surface area contributed by atoms with E-state index < -0.39 is 10.0 Å². The molecule has 0 saturated carbocycles. The zero-order valence-corrected chi connectivity index (χ0v) is 15.0. The van der Waals surface area contributed by atoms with E-state index in [0.29, 0.717) is 5.75 Å². The molecule has 0 amide bonds. The molecule has 0 radical (unpaired) electrons. The maximum atomic E-state index is 12.6. The summed E-state index contributed by atoms with van der Waals surface area (Å²) >= 11 is 0. The van der Waals surface area contributed by atoms with E-state index in [1.807, 2.05) is 6.92 Å². The van der Waals surface area contributed by atoms with E-state index in [1.165, 1.54) is 7.11 Å². The highest BCUT2D eigenvalue weighted by Crippen LogP contribution is 2.26. The van der Waals surface area contributed by atoms with Gasteiger partial charge in [0.25, 0.3) is 10.0 Å². The van der Waals surface area contributed by atoms with E-state index in [4.69, 9.17) is 4.74 Å². The van der Waals surface area contributed by atoms with Crippen molar-refractivity contribution in [3.05, 3.63) is 42.1 Å². The molecule has 6 nitrogen and oxygen atoms in total. The summed E-state index contributed by atoms with van der Waals surface area (Å²) in [7, 11) is -2.33. The normalized spacial score (nSPS) is 11.1. The molecule has 0 atom stereocenters. The summed E-state index contributed by atoms with van der Waals surface area (Å²) in [4.78, 5) is 4.25. The van der Waals surface area contributed by atoms with Crippen LogP contribution in [0.2, 0.25) is 0 Å². The van der Waals surface area contributed by atoms with Crippen LogP contribution in [-0.4, -0.2) is 27.1 Å². The molecule has 0 spiro atoms. The van der Waals surface area contributed by atoms with Gasteiger partial charge in [-0.1, -0.05) is 19.4 Å². The number of methoxy groups -OCH3 is 1. The Bertz CT molecular complexity index is 774. The number of unbranched alkanes of at least 4 members (excludes halogenated alkanes) is 1. The number of hydrogen-bond acceptors (Lipinski definition) is 5. The second kappa shape index (κ2) is 8.01. The Hall–Kier alpha value is -2.28. The third-order valence-electron chi connectivity index (χ3n) is 3.47. The van der Waals surface area contributed by atoms with Crippen LogP contribution in [0.3, 0.4) is 0 Å². The van der Waals surface area contributed by atoms with Gasteiger partial charge >= 0.3 is 0 Å². The zero-order chi connectivity index (χ0) is 17.6. The Kier molecular flexibility index (Phi) is 6.03. The maximum Gasteiger partial charge on any atom is 0.266 e. The van der Waals surface area contributed by atoms with Gasteiger partial charge in [-0.3, -0.25) is 4.72 Å². The number of aryl methyl sites for hydroxylation is 1. The molecular weight excluding hydrogens is 326 g/mol. The fourth-order valence-electron chi connectivity index (χ4n) is 2.15. The lowest BCUT2D eigenvalue weighted by atomic mass is 10.2. The SMILES string of the molecule is CCCCNc1ccc(NS(=O)(=O)c2cc(C)ccc2OC)nc1. The lowest BCUT2D eigenvalue weighted by Gasteiger charge is -2.12. The summed E-state index contributed by atoms with van der Waals surface area (Å²) in [6, 6.07) is 8.44. The average Bonchev–Trinajstić information content (AvgIpc) is 2.56. The van der Waals surface area contributed by atoms with Crippen molar-refractivity contribution < 1.29 is 13.2 Å². The number of rotatable bonds is 8. The topological polar surface area (TPSA) is 80.3 Å². The summed E-state index contributed by atoms with van der Waals surface area (Å²) in [6.45, 7) is 4.81. The van der Waals surface area contributed by atoms with Crippen molar-refractivity contribution >= 4 is 21.5 Å². The van der Waals surface area contributed by atoms with Gasteiger partial charge in [0.05, 0.1) is 19.0 Å². The van der Waals surface area contributed by atoms with E-state index in [-0.39, 0.29) is 10.7 Å². The lowest BCUT2D eigenvalue weighted by Crippen LogP contribution is -2.15. The number of benzene rings is 1. The van der Waals surface area contributed by atoms with Gasteiger partial charge in [-0.15, -0.1) is 0 Å². The minimum atomic E-state index is -3.77. The van der Waals surface area contributed by atoms with Crippen LogP contribution in [0.25, 0.3) is 0 Å². The second-order valence-corrected chi connectivity index (χ2v) is 7.12. The third-order valence-corrected chi connectivity index (χ3v) is 4.85. The Balaban J connectivity index is 2.16. The van der Waals surface area contributed by atoms with Gasteiger partial charge in [-0.05, 0) is 43.2 Å². The molecule has 0 aliphatic heterocycles. The van der Waals surface area contributed by atoms with Gasteiger partial charge in [0.2, 0.25) is 0 Å². The first-order chi connectivity index (χ1) is 11.5. The molecule has 130 valence electrons. The third kappa shape index (κ3) is 4.61. The summed E-state index contributed by atoms with van der Waals surface area (Å²) in [5, 5.41) is 3.23. The number of anilines is 2. The summed E-state index contributed by atoms with van der Waals surface area (Å²) in [5.74, 6) is 0.561. The molecule has 0 aliphatic rings. The fourth-order valence-corrected chi connectivity index (χ4v) is 3.42. The summed E-state index contributed by atoms with van der Waals surface area (Å²) < 4.78 is 32.8. The van der Waals surface area contributed by atoms with E-state index in [1.54, 1.807) is 36.5 Å². The molecule has 2 N–H and O–H groups in total. The van der Waals surface area contributed by atoms with Crippen LogP contribution in [-0.2, 0) is 10.0 Å². The molecule has 0 aliphatic carbocycles. The van der Waals surface area contributed by atoms with E-state index in [0.717, 1.165) is 30.6 Å². The number of nitrogens with zero attached hydrogens (tertiary/aromatic N) is 1. The lowest BCUT2D eigenvalue weighted by molar-refractivity contribution is 0.402. The van der Waals surface area contributed by atoms with Crippen LogP contribution in [0, 0.1) is 6.92 Å². The number of ether oxygens (including phenoxy) is 1. The standard InChI is InChI=1S/C17H23N3O3S/c1-4-5-10-18-14-7-9-17(19-12-14)20-24(21,22)16-11-13(2)6-8-15(16)23-3/h6-9,11-12,18H,4-5,10H2,1-3H3,(H,19,20). The molecule has 2 rings (SSSR count). The molecule has 0 saturated heterocycles. The minimum absolute atomic E-state index is 0.0944. The monoisotopic (exact) mass is 349 g/mol. The van der Waals surface area contributed by atoms with Crippen molar-refractivity contribution in [3.8, 4) is 5.75 Å². The van der Waals surface area contributed by atoms with Gasteiger partial charge in [-0.25, -0.2) is 13.4 Å². The molecule has 7 heteroatoms. The van der Waals surface area contributed by atoms with Crippen LogP contribution >= 0.6 is 0 Å². The van der Waals surface area contributed by atoms with Crippen LogP contribution < -0.4 is 14.8 Å². The van der Waals surface area contributed by atoms with Crippen LogP contribution in [0.1, 0.15) is 25.3 Å². The molecule has 1 aromatic carbocycles. The molecular formula is C17H23N3O3S. The Labute approximate surface area is 143 Å². The Morgan fingerprint density at radius 1 is 1.21 bits per heavy atom. The van der Waals surface area contributed by atoms with Crippen molar-refractivity contribution in [1.82, 2.24) is 4.98 Å². The van der Waals surface area contributed by atoms with Gasteiger partial charge < -0.3 is 10.1 Å². The van der Waals surface area contributed by atoms with Crippen molar-refractivity contribution in [1.29, 1.82) is 0 Å². The highest BCUT2D eigenvalue weighted by atomic mass is 32.2. The first-order valence-electron chi connectivity index (χ1n) is 7.83. The van der Waals surface area contributed by atoms with Crippen molar-refractivity contribution in [3.63, 3.8) is 0 Å². The van der Waals surface area contributed by atoms with E-state index in [9.17, 15) is 8.42 Å². The highest BCUT2D eigenvalue weighted by molar-refractivity contribution is 7.92. The number of aromatic nitrogens is 1. The maximum absolute atomic E-state index is 12.6. The zero-order valence-electron chi connectivity index (χ0n) is 14.2. The second-order valence-electron chi connectivity index (χ2n) is 5.47. The Morgan fingerprint density at radius 2 is 2.00 bits per heavy atom. The van der Waals surface area contributed by atoms with Crippen molar-refractivity contribution in [2.24, 2.45) is 0 Å². The van der Waals surface area contributed by atoms with E-state index in [2.05, 4.69) is 21.9 Å². The molecule has 1 aromatic heterocycles. The molecule has 0 fully saturated rings. The van der Waals surface area contributed by atoms with Crippen LogP contribution in [0.4, 0.5) is 11.5 Å². The number of pyridine rings is 1. The van der Waals surface area contributed by atoms with Crippen molar-refractivity contribution in [2.75, 3.05) is 23.7 Å². The molecule has 24 heavy (non-hydrogen) atoms. The average molecular weight is 349 g/mol. The van der Waals surface area contributed by atoms with Crippen LogP contribution in [0.15, 0.2) is 41.4 Å². The van der Waals surface area contributed by atoms with Gasteiger partial charge in [0, 0.05) is 6.54 Å². The Morgan fingerprint density at radius 3 is 2.62 bits per heavy atom. The van der Waals surface area contributed by atoms with E-state index >= 15 is 0 Å². The quantitative estimate of drug-likeness (QED) is 0.714. The first-order valence-corrected chi connectivity index (χ1v) is 9.32. The number of sulfonamides is 1. The number of nitrogens with one attached hydrogen (secondary N) is 2. The first kappa shape index (κ1) is 18.1. The highest BCUT2D eigenvalue weighted by Gasteiger charge is 2.20. The van der Waals surface area contributed by atoms with Gasteiger partial charge in [0.1, 0.15) is 16.5 Å². The molecule has 2 aromatic rings. The largest absolute Gasteiger partial charge is 0.495 e. The molecule has 0 bridgehead atoms. The predicted molar refractivity (Wildman–Crippen MR) is 96.2 cm³/mol. The minimum Gasteiger partial charge on any atom is -0.495 e. The fraction of sp³-hybridized carbons (Fsp3) is 0.353. The molecule has 0 unspecified atom stereocenters. The summed E-state index contributed by atoms with van der Waals surface area (Å²) in [5.41, 5.74) is 1.69. The van der Waals surface area contributed by atoms with Crippen LogP contribution in [0.5, 0.6) is 5.75 Å². The van der Waals surface area contributed by atoms with Crippen molar-refractivity contribution in [2.45, 2.75) is 31.6 Å².